The van der Waals surface area contributed by atoms with Gasteiger partial charge in [0.05, 0.1) is 25.9 Å². The molecule has 0 bridgehead atoms. The van der Waals surface area contributed by atoms with E-state index >= 15 is 0 Å². The van der Waals surface area contributed by atoms with Gasteiger partial charge in [0.1, 0.15) is 0 Å². The Balaban J connectivity index is 3.79. The first kappa shape index (κ1) is 30.1. The Kier molecular flexibility index (Phi) is 17.7. The van der Waals surface area contributed by atoms with Gasteiger partial charge in [0, 0.05) is 12.5 Å². The van der Waals surface area contributed by atoms with Crippen LogP contribution in [0.1, 0.15) is 65.7 Å². The average molecular weight is 477 g/mol. The van der Waals surface area contributed by atoms with Gasteiger partial charge >= 0.3 is 15.6 Å². The van der Waals surface area contributed by atoms with Crippen LogP contribution in [-0.2, 0) is 27.2 Å². The van der Waals surface area contributed by atoms with Gasteiger partial charge in [0.2, 0.25) is 0 Å². The molecule has 0 aromatic rings. The van der Waals surface area contributed by atoms with Crippen molar-refractivity contribution >= 4 is 15.6 Å². The van der Waals surface area contributed by atoms with Crippen LogP contribution < -0.4 is 5.32 Å². The summed E-state index contributed by atoms with van der Waals surface area (Å²) in [7, 11) is -8.14. The Morgan fingerprint density at radius 2 is 1.47 bits per heavy atom. The topological polar surface area (TPSA) is 144 Å². The van der Waals surface area contributed by atoms with Crippen LogP contribution in [0.3, 0.4) is 0 Å². The lowest BCUT2D eigenvalue weighted by molar-refractivity contribution is 0.102. The van der Waals surface area contributed by atoms with E-state index in [1.807, 2.05) is 6.92 Å². The fraction of sp³-hybridized carbons (Fsp3) is 1.00. The highest BCUT2D eigenvalue weighted by Crippen LogP contribution is 2.45. The van der Waals surface area contributed by atoms with E-state index in [2.05, 4.69) is 5.32 Å². The molecule has 30 heavy (non-hydrogen) atoms. The summed E-state index contributed by atoms with van der Waals surface area (Å²) in [5, 5.41) is 12.6. The number of unbranched alkanes of at least 4 members (excludes halogenated alkanes) is 4. The minimum Gasteiger partial charge on any atom is -0.396 e. The third kappa shape index (κ3) is 18.9. The molecular formula is C18H41NO9P2. The molecule has 0 fully saturated rings. The van der Waals surface area contributed by atoms with E-state index in [1.54, 1.807) is 13.8 Å². The van der Waals surface area contributed by atoms with Crippen molar-refractivity contribution in [2.75, 3.05) is 39.5 Å². The normalized spacial score (nSPS) is 17.0. The lowest BCUT2D eigenvalue weighted by Crippen LogP contribution is -2.16. The summed E-state index contributed by atoms with van der Waals surface area (Å²) in [6.45, 7) is 7.19. The van der Waals surface area contributed by atoms with Crippen LogP contribution >= 0.6 is 15.6 Å². The van der Waals surface area contributed by atoms with Crippen LogP contribution in [0, 0.1) is 5.92 Å². The predicted octanol–water partition coefficient (Wildman–Crippen LogP) is 3.61. The molecule has 0 saturated carbocycles. The van der Waals surface area contributed by atoms with Gasteiger partial charge < -0.3 is 20.2 Å². The van der Waals surface area contributed by atoms with Crippen molar-refractivity contribution in [1.82, 2.24) is 5.32 Å². The third-order valence-electron chi connectivity index (χ3n) is 4.09. The molecule has 0 aromatic carbocycles. The first-order valence-electron chi connectivity index (χ1n) is 10.7. The molecule has 3 atom stereocenters. The van der Waals surface area contributed by atoms with Gasteiger partial charge in [-0.15, -0.1) is 0 Å². The zero-order valence-corrected chi connectivity index (χ0v) is 20.3. The zero-order chi connectivity index (χ0) is 22.9. The number of nitrogens with one attached hydrogen (secondary N) is 1. The SMILES string of the molecule is CCNCCCCC(CO)COP(=O)(O)OCCCCCCOP(=O)(O)OC(C)C. The zero-order valence-electron chi connectivity index (χ0n) is 18.5. The third-order valence-corrected chi connectivity index (χ3v) is 6.27. The number of aliphatic hydroxyl groups excluding tert-OH is 1. The van der Waals surface area contributed by atoms with Crippen LogP contribution in [0.15, 0.2) is 0 Å². The molecule has 0 aliphatic rings. The Morgan fingerprint density at radius 3 is 2.00 bits per heavy atom. The number of hydrogen-bond acceptors (Lipinski definition) is 8. The van der Waals surface area contributed by atoms with Crippen molar-refractivity contribution in [1.29, 1.82) is 0 Å². The molecule has 3 unspecified atom stereocenters. The Labute approximate surface area is 180 Å². The molecule has 4 N–H and O–H groups in total. The van der Waals surface area contributed by atoms with E-state index in [0.717, 1.165) is 25.9 Å². The number of aliphatic hydroxyl groups is 1. The molecule has 0 aliphatic carbocycles. The summed E-state index contributed by atoms with van der Waals surface area (Å²) < 4.78 is 43.0. The van der Waals surface area contributed by atoms with Crippen molar-refractivity contribution < 1.29 is 42.1 Å². The van der Waals surface area contributed by atoms with Crippen molar-refractivity contribution in [3.05, 3.63) is 0 Å². The maximum atomic E-state index is 11.9. The minimum atomic E-state index is -4.14. The first-order chi connectivity index (χ1) is 14.1. The monoisotopic (exact) mass is 477 g/mol. The Bertz CT molecular complexity index is 508. The fourth-order valence-electron chi connectivity index (χ4n) is 2.54. The standard InChI is InChI=1S/C18H41NO9P2/c1-4-19-12-8-7-11-18(15-20)16-27-29(21,22)25-13-9-5-6-10-14-26-30(23,24)28-17(2)3/h17-20H,4-16H2,1-3H3,(H,21,22)(H,23,24). The predicted molar refractivity (Wildman–Crippen MR) is 115 cm³/mol. The highest BCUT2D eigenvalue weighted by atomic mass is 31.2. The van der Waals surface area contributed by atoms with Crippen LogP contribution in [0.5, 0.6) is 0 Å². The second-order valence-electron chi connectivity index (χ2n) is 7.37. The van der Waals surface area contributed by atoms with Crippen LogP contribution in [0.2, 0.25) is 0 Å². The summed E-state index contributed by atoms with van der Waals surface area (Å²) in [6.07, 6.45) is 4.71. The van der Waals surface area contributed by atoms with Gasteiger partial charge in [0.25, 0.3) is 0 Å². The van der Waals surface area contributed by atoms with Gasteiger partial charge in [-0.25, -0.2) is 9.13 Å². The molecule has 0 spiro atoms. The largest absolute Gasteiger partial charge is 0.472 e. The molecule has 0 aromatic heterocycles. The fourth-order valence-corrected chi connectivity index (χ4v) is 4.33. The highest BCUT2D eigenvalue weighted by molar-refractivity contribution is 7.47. The van der Waals surface area contributed by atoms with E-state index in [-0.39, 0.29) is 32.3 Å². The van der Waals surface area contributed by atoms with Crippen molar-refractivity contribution in [3.63, 3.8) is 0 Å². The second-order valence-corrected chi connectivity index (χ2v) is 10.2. The van der Waals surface area contributed by atoms with Gasteiger partial charge in [-0.3, -0.25) is 18.1 Å². The van der Waals surface area contributed by atoms with Crippen molar-refractivity contribution in [2.45, 2.75) is 71.8 Å². The summed E-state index contributed by atoms with van der Waals surface area (Å²) in [6, 6.07) is 0. The van der Waals surface area contributed by atoms with Crippen LogP contribution in [0.4, 0.5) is 0 Å². The van der Waals surface area contributed by atoms with E-state index in [9.17, 15) is 24.0 Å². The molecule has 12 heteroatoms. The quantitative estimate of drug-likeness (QED) is 0.143. The summed E-state index contributed by atoms with van der Waals surface area (Å²) in [5.41, 5.74) is 0. The van der Waals surface area contributed by atoms with Gasteiger partial charge in [-0.2, -0.15) is 0 Å². The first-order valence-corrected chi connectivity index (χ1v) is 13.7. The number of hydrogen-bond donors (Lipinski definition) is 4. The molecule has 10 nitrogen and oxygen atoms in total. The maximum absolute atomic E-state index is 11.9. The number of rotatable bonds is 21. The van der Waals surface area contributed by atoms with E-state index < -0.39 is 21.7 Å². The Morgan fingerprint density at radius 1 is 0.867 bits per heavy atom. The molecule has 0 heterocycles. The van der Waals surface area contributed by atoms with Gasteiger partial charge in [-0.05, 0) is 52.6 Å². The van der Waals surface area contributed by atoms with Crippen LogP contribution in [0.25, 0.3) is 0 Å². The van der Waals surface area contributed by atoms with Crippen molar-refractivity contribution in [2.24, 2.45) is 5.92 Å². The molecule has 0 aliphatic heterocycles. The average Bonchev–Trinajstić information content (AvgIpc) is 2.65. The van der Waals surface area contributed by atoms with E-state index in [1.165, 1.54) is 0 Å². The maximum Gasteiger partial charge on any atom is 0.472 e. The molecule has 0 rings (SSSR count). The molecular weight excluding hydrogens is 436 g/mol. The minimum absolute atomic E-state index is 0.0253. The van der Waals surface area contributed by atoms with E-state index in [0.29, 0.717) is 32.1 Å². The van der Waals surface area contributed by atoms with Gasteiger partial charge in [-0.1, -0.05) is 26.2 Å². The number of phosphoric ester groups is 2. The second kappa shape index (κ2) is 17.7. The smallest absolute Gasteiger partial charge is 0.396 e. The lowest BCUT2D eigenvalue weighted by atomic mass is 10.0. The summed E-state index contributed by atoms with van der Waals surface area (Å²) >= 11 is 0. The van der Waals surface area contributed by atoms with Gasteiger partial charge in [0.15, 0.2) is 0 Å². The molecule has 0 radical (unpaired) electrons. The number of phosphoric acid groups is 2. The van der Waals surface area contributed by atoms with E-state index in [4.69, 9.17) is 18.1 Å². The summed E-state index contributed by atoms with van der Waals surface area (Å²) in [4.78, 5) is 19.1. The Hall–Kier alpha value is 0.140. The molecule has 0 amide bonds. The molecule has 0 saturated heterocycles. The lowest BCUT2D eigenvalue weighted by Gasteiger charge is -2.17. The van der Waals surface area contributed by atoms with Crippen molar-refractivity contribution in [3.8, 4) is 0 Å². The molecule has 182 valence electrons. The summed E-state index contributed by atoms with van der Waals surface area (Å²) in [5.74, 6) is -0.196. The van der Waals surface area contributed by atoms with Crippen LogP contribution in [-0.4, -0.2) is 60.5 Å². The highest BCUT2D eigenvalue weighted by Gasteiger charge is 2.23.